The van der Waals surface area contributed by atoms with Crippen LogP contribution in [0.4, 0.5) is 23.7 Å². The smallest absolute Gasteiger partial charge is 0.416 e. The standard InChI is InChI=1S/C20H13Cl2F3N2O5/c1-31-15-7-9(6-13(22)16(15)32-2)5-11-17(28)26-19(30)27(18(11)29)14-8-10(20(23,24)25)3-4-12(14)21/h3-8H,1-2H3,(H,26,28,30)/b11-5-. The highest BCUT2D eigenvalue weighted by Crippen LogP contribution is 2.38. The van der Waals surface area contributed by atoms with Crippen LogP contribution in [-0.2, 0) is 15.8 Å². The molecule has 1 N–H and O–H groups in total. The van der Waals surface area contributed by atoms with Crippen LogP contribution in [0.3, 0.4) is 0 Å². The van der Waals surface area contributed by atoms with Crippen LogP contribution in [0.25, 0.3) is 6.08 Å². The minimum Gasteiger partial charge on any atom is -0.493 e. The van der Waals surface area contributed by atoms with E-state index >= 15 is 0 Å². The van der Waals surface area contributed by atoms with Crippen molar-refractivity contribution >= 4 is 52.8 Å². The first kappa shape index (κ1) is 23.4. The molecule has 0 radical (unpaired) electrons. The molecule has 1 aliphatic rings. The van der Waals surface area contributed by atoms with Gasteiger partial charge in [-0.2, -0.15) is 13.2 Å². The predicted molar refractivity (Wildman–Crippen MR) is 110 cm³/mol. The summed E-state index contributed by atoms with van der Waals surface area (Å²) in [6.07, 6.45) is -3.65. The van der Waals surface area contributed by atoms with Crippen molar-refractivity contribution in [3.8, 4) is 11.5 Å². The molecule has 0 atom stereocenters. The Bertz CT molecular complexity index is 1160. The number of carbonyl (C=O) groups is 3. The number of barbiturate groups is 1. The van der Waals surface area contributed by atoms with Gasteiger partial charge in [0.2, 0.25) is 0 Å². The van der Waals surface area contributed by atoms with Crippen molar-refractivity contribution in [2.24, 2.45) is 0 Å². The minimum atomic E-state index is -4.75. The van der Waals surface area contributed by atoms with Gasteiger partial charge < -0.3 is 9.47 Å². The highest BCUT2D eigenvalue weighted by atomic mass is 35.5. The molecule has 32 heavy (non-hydrogen) atoms. The molecule has 0 unspecified atom stereocenters. The summed E-state index contributed by atoms with van der Waals surface area (Å²) in [4.78, 5) is 38.0. The van der Waals surface area contributed by atoms with E-state index in [1.807, 2.05) is 5.32 Å². The highest BCUT2D eigenvalue weighted by Gasteiger charge is 2.39. The van der Waals surface area contributed by atoms with E-state index in [0.717, 1.165) is 12.1 Å². The van der Waals surface area contributed by atoms with Crippen LogP contribution in [0, 0.1) is 0 Å². The third-order valence-corrected chi connectivity index (χ3v) is 4.98. The van der Waals surface area contributed by atoms with E-state index < -0.39 is 40.8 Å². The SMILES string of the molecule is COc1cc(/C=C2/C(=O)NC(=O)N(c3cc(C(F)(F)F)ccc3Cl)C2=O)cc(Cl)c1OC. The molecule has 3 rings (SSSR count). The van der Waals surface area contributed by atoms with Crippen molar-refractivity contribution in [3.63, 3.8) is 0 Å². The van der Waals surface area contributed by atoms with Gasteiger partial charge >= 0.3 is 12.2 Å². The molecule has 168 valence electrons. The molecular weight excluding hydrogens is 476 g/mol. The maximum Gasteiger partial charge on any atom is 0.416 e. The van der Waals surface area contributed by atoms with Gasteiger partial charge in [-0.25, -0.2) is 9.69 Å². The molecule has 0 bridgehead atoms. The van der Waals surface area contributed by atoms with Gasteiger partial charge in [0, 0.05) is 0 Å². The highest BCUT2D eigenvalue weighted by molar-refractivity contribution is 6.42. The fourth-order valence-electron chi connectivity index (χ4n) is 2.92. The molecule has 0 spiro atoms. The summed E-state index contributed by atoms with van der Waals surface area (Å²) in [5.41, 5.74) is -1.98. The third kappa shape index (κ3) is 4.37. The van der Waals surface area contributed by atoms with Crippen LogP contribution in [0.2, 0.25) is 10.0 Å². The number of hydrogen-bond acceptors (Lipinski definition) is 5. The Balaban J connectivity index is 2.10. The van der Waals surface area contributed by atoms with E-state index in [2.05, 4.69) is 0 Å². The third-order valence-electron chi connectivity index (χ3n) is 4.38. The molecule has 12 heteroatoms. The summed E-state index contributed by atoms with van der Waals surface area (Å²) in [6, 6.07) is 3.68. The normalized spacial score (nSPS) is 15.8. The number of halogens is 5. The van der Waals surface area contributed by atoms with Gasteiger partial charge in [0.15, 0.2) is 11.5 Å². The van der Waals surface area contributed by atoms with Crippen molar-refractivity contribution in [2.45, 2.75) is 6.18 Å². The summed E-state index contributed by atoms with van der Waals surface area (Å²) in [7, 11) is 2.71. The predicted octanol–water partition coefficient (Wildman–Crippen LogP) is 4.70. The summed E-state index contributed by atoms with van der Waals surface area (Å²) < 4.78 is 49.6. The Morgan fingerprint density at radius 1 is 1.00 bits per heavy atom. The quantitative estimate of drug-likeness (QED) is 0.498. The van der Waals surface area contributed by atoms with Gasteiger partial charge in [-0.15, -0.1) is 0 Å². The van der Waals surface area contributed by atoms with Crippen molar-refractivity contribution in [2.75, 3.05) is 19.1 Å². The van der Waals surface area contributed by atoms with E-state index in [1.165, 1.54) is 26.4 Å². The lowest BCUT2D eigenvalue weighted by Crippen LogP contribution is -2.54. The molecule has 0 aliphatic carbocycles. The largest absolute Gasteiger partial charge is 0.493 e. The summed E-state index contributed by atoms with van der Waals surface area (Å²) in [5.74, 6) is -1.82. The van der Waals surface area contributed by atoms with Gasteiger partial charge in [0.05, 0.1) is 35.5 Å². The van der Waals surface area contributed by atoms with E-state index in [0.29, 0.717) is 17.0 Å². The molecule has 1 saturated heterocycles. The van der Waals surface area contributed by atoms with E-state index in [-0.39, 0.29) is 27.1 Å². The van der Waals surface area contributed by atoms with E-state index in [9.17, 15) is 27.6 Å². The molecular formula is C20H13Cl2F3N2O5. The number of urea groups is 1. The second kappa shape index (κ2) is 8.71. The van der Waals surface area contributed by atoms with Gasteiger partial charge in [-0.05, 0) is 42.0 Å². The van der Waals surface area contributed by atoms with Crippen LogP contribution < -0.4 is 19.7 Å². The molecule has 4 amide bonds. The van der Waals surface area contributed by atoms with Crippen LogP contribution in [0.5, 0.6) is 11.5 Å². The van der Waals surface area contributed by atoms with Gasteiger partial charge in [-0.1, -0.05) is 23.2 Å². The molecule has 1 heterocycles. The number of nitrogens with zero attached hydrogens (tertiary/aromatic N) is 1. The van der Waals surface area contributed by atoms with Crippen molar-refractivity contribution in [1.29, 1.82) is 0 Å². The first-order valence-electron chi connectivity index (χ1n) is 8.67. The Morgan fingerprint density at radius 3 is 2.28 bits per heavy atom. The van der Waals surface area contributed by atoms with Gasteiger partial charge in [0.25, 0.3) is 11.8 Å². The zero-order valence-corrected chi connectivity index (χ0v) is 17.9. The molecule has 0 aromatic heterocycles. The number of ether oxygens (including phenoxy) is 2. The fourth-order valence-corrected chi connectivity index (χ4v) is 3.42. The number of methoxy groups -OCH3 is 2. The average Bonchev–Trinajstić information content (AvgIpc) is 2.71. The Morgan fingerprint density at radius 2 is 1.69 bits per heavy atom. The maximum absolute atomic E-state index is 13.1. The van der Waals surface area contributed by atoms with E-state index in [1.54, 1.807) is 0 Å². The molecule has 0 saturated carbocycles. The minimum absolute atomic E-state index is 0.108. The zero-order valence-electron chi connectivity index (χ0n) is 16.3. The molecule has 2 aromatic rings. The Kier molecular flexibility index (Phi) is 6.38. The lowest BCUT2D eigenvalue weighted by Gasteiger charge is -2.27. The van der Waals surface area contributed by atoms with E-state index in [4.69, 9.17) is 32.7 Å². The first-order chi connectivity index (χ1) is 15.0. The number of benzene rings is 2. The van der Waals surface area contributed by atoms with Crippen LogP contribution >= 0.6 is 23.2 Å². The Hall–Kier alpha value is -3.24. The second-order valence-electron chi connectivity index (χ2n) is 6.36. The topological polar surface area (TPSA) is 84.9 Å². The maximum atomic E-state index is 13.1. The fraction of sp³-hybridized carbons (Fsp3) is 0.150. The van der Waals surface area contributed by atoms with Crippen LogP contribution in [-0.4, -0.2) is 32.1 Å². The molecule has 1 aliphatic heterocycles. The summed E-state index contributed by atoms with van der Waals surface area (Å²) >= 11 is 12.1. The van der Waals surface area contributed by atoms with Crippen LogP contribution in [0.15, 0.2) is 35.9 Å². The van der Waals surface area contributed by atoms with Crippen molar-refractivity contribution in [1.82, 2.24) is 5.32 Å². The number of amides is 4. The lowest BCUT2D eigenvalue weighted by molar-refractivity contribution is -0.137. The zero-order chi connectivity index (χ0) is 23.8. The second-order valence-corrected chi connectivity index (χ2v) is 7.17. The van der Waals surface area contributed by atoms with Gasteiger partial charge in [0.1, 0.15) is 5.57 Å². The number of imide groups is 2. The molecule has 7 nitrogen and oxygen atoms in total. The number of nitrogens with one attached hydrogen (secondary N) is 1. The Labute approximate surface area is 189 Å². The molecule has 1 fully saturated rings. The summed E-state index contributed by atoms with van der Waals surface area (Å²) in [5, 5.41) is 1.72. The average molecular weight is 489 g/mol. The number of rotatable bonds is 4. The number of anilines is 1. The van der Waals surface area contributed by atoms with Gasteiger partial charge in [-0.3, -0.25) is 14.9 Å². The van der Waals surface area contributed by atoms with Crippen molar-refractivity contribution < 1.29 is 37.0 Å². The van der Waals surface area contributed by atoms with Crippen molar-refractivity contribution in [3.05, 3.63) is 57.1 Å². The lowest BCUT2D eigenvalue weighted by atomic mass is 10.1. The summed E-state index contributed by atoms with van der Waals surface area (Å²) in [6.45, 7) is 0. The monoisotopic (exact) mass is 488 g/mol. The number of alkyl halides is 3. The number of carbonyl (C=O) groups excluding carboxylic acids is 3. The number of hydrogen-bond donors (Lipinski definition) is 1. The van der Waals surface area contributed by atoms with Crippen LogP contribution in [0.1, 0.15) is 11.1 Å². The first-order valence-corrected chi connectivity index (χ1v) is 9.43. The molecule has 2 aromatic carbocycles.